The van der Waals surface area contributed by atoms with Gasteiger partial charge in [0, 0.05) is 13.1 Å². The number of aliphatic carboxylic acids is 1. The van der Waals surface area contributed by atoms with Gasteiger partial charge in [-0.15, -0.1) is 0 Å². The highest BCUT2D eigenvalue weighted by Crippen LogP contribution is 2.09. The van der Waals surface area contributed by atoms with Gasteiger partial charge >= 0.3 is 5.97 Å². The zero-order valence-corrected chi connectivity index (χ0v) is 8.85. The molecule has 0 rings (SSSR count). The van der Waals surface area contributed by atoms with Crippen LogP contribution in [0.25, 0.3) is 0 Å². The second-order valence-corrected chi connectivity index (χ2v) is 4.37. The number of carboxylic acids is 1. The van der Waals surface area contributed by atoms with Crippen molar-refractivity contribution in [1.29, 1.82) is 0 Å². The molecule has 1 atom stereocenters. The normalized spacial score (nSPS) is 14.2. The molecule has 1 unspecified atom stereocenters. The summed E-state index contributed by atoms with van der Waals surface area (Å²) in [5, 5.41) is 14.5. The molecule has 0 spiro atoms. The van der Waals surface area contributed by atoms with E-state index in [0.29, 0.717) is 6.54 Å². The number of hydrogen-bond donors (Lipinski definition) is 3. The summed E-state index contributed by atoms with van der Waals surface area (Å²) in [7, 11) is 1.65. The van der Waals surface area contributed by atoms with E-state index in [-0.39, 0.29) is 5.41 Å². The predicted octanol–water partition coefficient (Wildman–Crippen LogP) is 0.295. The van der Waals surface area contributed by atoms with Crippen molar-refractivity contribution in [1.82, 2.24) is 10.6 Å². The Kier molecular flexibility index (Phi) is 4.95. The summed E-state index contributed by atoms with van der Waals surface area (Å²) in [5.41, 5.74) is 0.191. The summed E-state index contributed by atoms with van der Waals surface area (Å²) >= 11 is 0. The minimum Gasteiger partial charge on any atom is -0.480 e. The van der Waals surface area contributed by atoms with Gasteiger partial charge in [-0.05, 0) is 12.5 Å². The smallest absolute Gasteiger partial charge is 0.322 e. The molecule has 0 heterocycles. The molecule has 78 valence electrons. The van der Waals surface area contributed by atoms with Gasteiger partial charge in [0.15, 0.2) is 0 Å². The lowest BCUT2D eigenvalue weighted by atomic mass is 9.97. The molecule has 0 aliphatic carbocycles. The highest BCUT2D eigenvalue weighted by molar-refractivity contribution is 5.73. The van der Waals surface area contributed by atoms with Crippen LogP contribution in [0.5, 0.6) is 0 Å². The van der Waals surface area contributed by atoms with Gasteiger partial charge in [-0.25, -0.2) is 0 Å². The zero-order valence-electron chi connectivity index (χ0n) is 8.85. The summed E-state index contributed by atoms with van der Waals surface area (Å²) in [4.78, 5) is 10.6. The van der Waals surface area contributed by atoms with Gasteiger partial charge in [-0.2, -0.15) is 0 Å². The average Bonchev–Trinajstić information content (AvgIpc) is 1.95. The Hall–Kier alpha value is -0.610. The Labute approximate surface area is 79.7 Å². The van der Waals surface area contributed by atoms with Gasteiger partial charge in [0.05, 0.1) is 0 Å². The fourth-order valence-electron chi connectivity index (χ4n) is 0.904. The van der Waals surface area contributed by atoms with Gasteiger partial charge in [-0.3, -0.25) is 4.79 Å². The third kappa shape index (κ3) is 6.54. The Morgan fingerprint density at radius 1 is 1.46 bits per heavy atom. The van der Waals surface area contributed by atoms with E-state index in [0.717, 1.165) is 6.54 Å². The molecule has 0 saturated heterocycles. The molecule has 0 saturated carbocycles. The second kappa shape index (κ2) is 5.19. The lowest BCUT2D eigenvalue weighted by Gasteiger charge is -2.20. The van der Waals surface area contributed by atoms with Crippen molar-refractivity contribution in [3.63, 3.8) is 0 Å². The largest absolute Gasteiger partial charge is 0.480 e. The number of carbonyl (C=O) groups is 1. The van der Waals surface area contributed by atoms with E-state index in [1.165, 1.54) is 0 Å². The summed E-state index contributed by atoms with van der Waals surface area (Å²) < 4.78 is 0. The topological polar surface area (TPSA) is 61.4 Å². The van der Waals surface area contributed by atoms with E-state index in [9.17, 15) is 4.79 Å². The van der Waals surface area contributed by atoms with E-state index < -0.39 is 12.0 Å². The predicted molar refractivity (Wildman–Crippen MR) is 52.8 cm³/mol. The monoisotopic (exact) mass is 188 g/mol. The summed E-state index contributed by atoms with van der Waals surface area (Å²) in [6.07, 6.45) is 0. The molecule has 0 bridgehead atoms. The Balaban J connectivity index is 3.68. The second-order valence-electron chi connectivity index (χ2n) is 4.37. The molecular weight excluding hydrogens is 168 g/mol. The van der Waals surface area contributed by atoms with Crippen molar-refractivity contribution in [3.8, 4) is 0 Å². The first-order valence-electron chi connectivity index (χ1n) is 4.47. The van der Waals surface area contributed by atoms with Gasteiger partial charge in [0.25, 0.3) is 0 Å². The Morgan fingerprint density at radius 3 is 2.31 bits per heavy atom. The van der Waals surface area contributed by atoms with Crippen LogP contribution in [0.2, 0.25) is 0 Å². The first-order valence-corrected chi connectivity index (χ1v) is 4.47. The molecule has 0 aromatic heterocycles. The fraction of sp³-hybridized carbons (Fsp3) is 0.889. The van der Waals surface area contributed by atoms with Crippen LogP contribution in [0.4, 0.5) is 0 Å². The molecule has 3 N–H and O–H groups in total. The lowest BCUT2D eigenvalue weighted by molar-refractivity contribution is -0.139. The molecular formula is C9H20N2O2. The minimum atomic E-state index is -0.816. The molecule has 4 heteroatoms. The maximum Gasteiger partial charge on any atom is 0.322 e. The van der Waals surface area contributed by atoms with Crippen molar-refractivity contribution in [2.45, 2.75) is 26.8 Å². The number of hydrogen-bond acceptors (Lipinski definition) is 3. The van der Waals surface area contributed by atoms with Crippen LogP contribution < -0.4 is 10.6 Å². The molecule has 0 aliphatic rings. The SMILES string of the molecule is CNC(CNCC(C)(C)C)C(=O)O. The third-order valence-corrected chi connectivity index (χ3v) is 1.65. The number of nitrogens with one attached hydrogen (secondary N) is 2. The van der Waals surface area contributed by atoms with Crippen molar-refractivity contribution in [2.24, 2.45) is 5.41 Å². The van der Waals surface area contributed by atoms with Crippen molar-refractivity contribution < 1.29 is 9.90 Å². The summed E-state index contributed by atoms with van der Waals surface area (Å²) in [5.74, 6) is -0.816. The molecule has 4 nitrogen and oxygen atoms in total. The molecule has 0 aromatic rings. The summed E-state index contributed by atoms with van der Waals surface area (Å²) in [6.45, 7) is 7.60. The van der Waals surface area contributed by atoms with E-state index in [2.05, 4.69) is 31.4 Å². The van der Waals surface area contributed by atoms with Crippen LogP contribution in [-0.4, -0.2) is 37.3 Å². The van der Waals surface area contributed by atoms with E-state index >= 15 is 0 Å². The van der Waals surface area contributed by atoms with Crippen molar-refractivity contribution >= 4 is 5.97 Å². The third-order valence-electron chi connectivity index (χ3n) is 1.65. The summed E-state index contributed by atoms with van der Waals surface area (Å²) in [6, 6.07) is -0.498. The highest BCUT2D eigenvalue weighted by Gasteiger charge is 2.15. The van der Waals surface area contributed by atoms with Crippen LogP contribution in [0, 0.1) is 5.41 Å². The van der Waals surface area contributed by atoms with Gasteiger partial charge in [-0.1, -0.05) is 20.8 Å². The molecule has 0 aromatic carbocycles. The van der Waals surface area contributed by atoms with E-state index in [1.807, 2.05) is 0 Å². The van der Waals surface area contributed by atoms with Gasteiger partial charge in [0.1, 0.15) is 6.04 Å². The van der Waals surface area contributed by atoms with Crippen molar-refractivity contribution in [3.05, 3.63) is 0 Å². The number of rotatable bonds is 5. The molecule has 0 radical (unpaired) electrons. The lowest BCUT2D eigenvalue weighted by Crippen LogP contribution is -2.44. The maximum atomic E-state index is 10.6. The van der Waals surface area contributed by atoms with Crippen LogP contribution in [0.1, 0.15) is 20.8 Å². The molecule has 0 amide bonds. The Bertz CT molecular complexity index is 163. The molecule has 0 fully saturated rings. The van der Waals surface area contributed by atoms with Crippen LogP contribution in [0.3, 0.4) is 0 Å². The van der Waals surface area contributed by atoms with E-state index in [4.69, 9.17) is 5.11 Å². The number of likely N-dealkylation sites (N-methyl/N-ethyl adjacent to an activating group) is 1. The van der Waals surface area contributed by atoms with E-state index in [1.54, 1.807) is 7.05 Å². The van der Waals surface area contributed by atoms with Gasteiger partial charge < -0.3 is 15.7 Å². The highest BCUT2D eigenvalue weighted by atomic mass is 16.4. The average molecular weight is 188 g/mol. The minimum absolute atomic E-state index is 0.191. The van der Waals surface area contributed by atoms with Crippen LogP contribution in [0.15, 0.2) is 0 Å². The Morgan fingerprint density at radius 2 is 2.00 bits per heavy atom. The van der Waals surface area contributed by atoms with Crippen molar-refractivity contribution in [2.75, 3.05) is 20.1 Å². The molecule has 13 heavy (non-hydrogen) atoms. The van der Waals surface area contributed by atoms with Crippen LogP contribution >= 0.6 is 0 Å². The standard InChI is InChI=1S/C9H20N2O2/c1-9(2,3)6-11-5-7(10-4)8(12)13/h7,10-11H,5-6H2,1-4H3,(H,12,13). The number of carboxylic acid groups (broad SMARTS) is 1. The molecule has 0 aliphatic heterocycles. The first-order chi connectivity index (χ1) is 5.87. The fourth-order valence-corrected chi connectivity index (χ4v) is 0.904. The van der Waals surface area contributed by atoms with Crippen LogP contribution in [-0.2, 0) is 4.79 Å². The van der Waals surface area contributed by atoms with Gasteiger partial charge in [0.2, 0.25) is 0 Å². The maximum absolute atomic E-state index is 10.6. The first kappa shape index (κ1) is 12.4. The zero-order chi connectivity index (χ0) is 10.5. The quantitative estimate of drug-likeness (QED) is 0.580.